The molecule has 0 radical (unpaired) electrons. The molecule has 1 aliphatic carbocycles. The van der Waals surface area contributed by atoms with Crippen LogP contribution in [-0.2, 0) is 19.1 Å². The predicted octanol–water partition coefficient (Wildman–Crippen LogP) is 1.80. The van der Waals surface area contributed by atoms with Gasteiger partial charge in [0.1, 0.15) is 6.04 Å². The molecule has 1 aliphatic heterocycles. The second-order valence-corrected chi connectivity index (χ2v) is 6.64. The molecule has 1 saturated heterocycles. The van der Waals surface area contributed by atoms with Crippen LogP contribution in [0, 0.1) is 11.8 Å². The number of carbonyl (C=O) groups is 3. The molecular weight excluding hydrogens is 314 g/mol. The second-order valence-electron chi connectivity index (χ2n) is 5.17. The third kappa shape index (κ3) is 3.11. The van der Waals surface area contributed by atoms with E-state index in [-0.39, 0.29) is 17.7 Å². The van der Waals surface area contributed by atoms with E-state index in [1.54, 1.807) is 17.8 Å². The van der Waals surface area contributed by atoms with E-state index in [9.17, 15) is 14.4 Å². The summed E-state index contributed by atoms with van der Waals surface area (Å²) in [6.07, 6.45) is 4.94. The van der Waals surface area contributed by atoms with Gasteiger partial charge in [-0.1, -0.05) is 17.7 Å². The van der Waals surface area contributed by atoms with E-state index in [1.807, 2.05) is 6.26 Å². The van der Waals surface area contributed by atoms with Crippen molar-refractivity contribution in [1.29, 1.82) is 0 Å². The van der Waals surface area contributed by atoms with Gasteiger partial charge in [-0.05, 0) is 31.3 Å². The Kier molecular flexibility index (Phi) is 5.32. The highest BCUT2D eigenvalue weighted by molar-refractivity contribution is 7.98. The van der Waals surface area contributed by atoms with Crippen molar-refractivity contribution in [3.63, 3.8) is 0 Å². The lowest BCUT2D eigenvalue weighted by Gasteiger charge is -2.24. The van der Waals surface area contributed by atoms with Crippen molar-refractivity contribution in [2.75, 3.05) is 19.1 Å². The molecular formula is C14H18ClNO4S. The summed E-state index contributed by atoms with van der Waals surface area (Å²) < 4.78 is 4.76. The highest BCUT2D eigenvalue weighted by Gasteiger charge is 2.52. The van der Waals surface area contributed by atoms with Crippen molar-refractivity contribution in [3.8, 4) is 0 Å². The lowest BCUT2D eigenvalue weighted by molar-refractivity contribution is -0.157. The Bertz CT molecular complexity index is 493. The average molecular weight is 332 g/mol. The van der Waals surface area contributed by atoms with Crippen LogP contribution in [0.5, 0.6) is 0 Å². The van der Waals surface area contributed by atoms with Gasteiger partial charge in [-0.2, -0.15) is 11.8 Å². The van der Waals surface area contributed by atoms with E-state index in [4.69, 9.17) is 16.3 Å². The summed E-state index contributed by atoms with van der Waals surface area (Å²) >= 11 is 7.54. The fraction of sp³-hybridized carbons (Fsp3) is 0.643. The third-order valence-corrected chi connectivity index (χ3v) is 4.94. The van der Waals surface area contributed by atoms with Gasteiger partial charge in [0, 0.05) is 5.03 Å². The number of imide groups is 1. The van der Waals surface area contributed by atoms with Gasteiger partial charge in [-0.3, -0.25) is 14.5 Å². The first kappa shape index (κ1) is 16.4. The predicted molar refractivity (Wildman–Crippen MR) is 80.8 cm³/mol. The summed E-state index contributed by atoms with van der Waals surface area (Å²) in [6, 6.07) is -0.827. The van der Waals surface area contributed by atoms with Gasteiger partial charge in [-0.25, -0.2) is 4.79 Å². The van der Waals surface area contributed by atoms with Crippen LogP contribution in [0.4, 0.5) is 0 Å². The Morgan fingerprint density at radius 3 is 2.76 bits per heavy atom. The lowest BCUT2D eigenvalue weighted by Crippen LogP contribution is -2.46. The van der Waals surface area contributed by atoms with Crippen LogP contribution in [0.2, 0.25) is 0 Å². The number of likely N-dealkylation sites (tertiary alicyclic amines) is 1. The van der Waals surface area contributed by atoms with Crippen molar-refractivity contribution < 1.29 is 19.1 Å². The number of ether oxygens (including phenoxy) is 1. The Hall–Kier alpha value is -1.01. The number of methoxy groups -OCH3 is 1. The topological polar surface area (TPSA) is 63.7 Å². The van der Waals surface area contributed by atoms with Crippen LogP contribution in [0.1, 0.15) is 19.3 Å². The molecule has 0 N–H and O–H groups in total. The lowest BCUT2D eigenvalue weighted by atomic mass is 9.85. The fourth-order valence-electron chi connectivity index (χ4n) is 2.88. The summed E-state index contributed by atoms with van der Waals surface area (Å²) in [7, 11) is 1.27. The zero-order valence-corrected chi connectivity index (χ0v) is 13.6. The van der Waals surface area contributed by atoms with E-state index in [2.05, 4.69) is 0 Å². The van der Waals surface area contributed by atoms with Crippen LogP contribution in [0.3, 0.4) is 0 Å². The highest BCUT2D eigenvalue weighted by Crippen LogP contribution is 2.40. The number of allylic oxidation sites excluding steroid dienone is 2. The molecule has 5 nitrogen and oxygen atoms in total. The number of hydrogen-bond donors (Lipinski definition) is 0. The summed E-state index contributed by atoms with van der Waals surface area (Å²) in [5.41, 5.74) is 0. The molecule has 116 valence electrons. The van der Waals surface area contributed by atoms with Crippen LogP contribution in [0.25, 0.3) is 0 Å². The maximum Gasteiger partial charge on any atom is 0.329 e. The molecule has 2 aliphatic rings. The number of thioether (sulfide) groups is 1. The van der Waals surface area contributed by atoms with Crippen LogP contribution in [-0.4, -0.2) is 47.8 Å². The quantitative estimate of drug-likeness (QED) is 0.568. The highest BCUT2D eigenvalue weighted by atomic mass is 35.5. The third-order valence-electron chi connectivity index (χ3n) is 3.98. The van der Waals surface area contributed by atoms with Gasteiger partial charge in [-0.15, -0.1) is 0 Å². The number of fused-ring (bicyclic) bond motifs is 1. The van der Waals surface area contributed by atoms with E-state index < -0.39 is 17.9 Å². The Labute approximate surface area is 133 Å². The standard InChI is InChI=1S/C14H18ClNO4S/c1-20-14(19)11(5-6-21-2)16-12(17)9-4-3-8(15)7-10(9)13(16)18/h3,9-11H,4-7H2,1-2H3/t9-,10-,11-/m0/s1. The fourth-order valence-corrected chi connectivity index (χ4v) is 3.59. The molecule has 3 atom stereocenters. The van der Waals surface area contributed by atoms with Crippen molar-refractivity contribution in [2.45, 2.75) is 25.3 Å². The number of esters is 1. The monoisotopic (exact) mass is 331 g/mol. The molecule has 7 heteroatoms. The van der Waals surface area contributed by atoms with Gasteiger partial charge < -0.3 is 4.74 Å². The minimum Gasteiger partial charge on any atom is -0.467 e. The Morgan fingerprint density at radius 1 is 1.48 bits per heavy atom. The molecule has 2 rings (SSSR count). The van der Waals surface area contributed by atoms with E-state index >= 15 is 0 Å². The summed E-state index contributed by atoms with van der Waals surface area (Å²) in [6.45, 7) is 0. The van der Waals surface area contributed by atoms with Gasteiger partial charge in [0.25, 0.3) is 0 Å². The van der Waals surface area contributed by atoms with E-state index in [1.165, 1.54) is 7.11 Å². The van der Waals surface area contributed by atoms with Crippen LogP contribution >= 0.6 is 23.4 Å². The molecule has 1 fully saturated rings. The van der Waals surface area contributed by atoms with Gasteiger partial charge in [0.2, 0.25) is 11.8 Å². The molecule has 0 aromatic carbocycles. The first-order valence-corrected chi connectivity index (χ1v) is 8.56. The molecule has 21 heavy (non-hydrogen) atoms. The molecule has 0 aromatic rings. The number of nitrogens with zero attached hydrogens (tertiary/aromatic N) is 1. The molecule has 0 saturated carbocycles. The van der Waals surface area contributed by atoms with E-state index in [0.29, 0.717) is 30.0 Å². The van der Waals surface area contributed by atoms with Crippen molar-refractivity contribution in [1.82, 2.24) is 4.90 Å². The van der Waals surface area contributed by atoms with Crippen molar-refractivity contribution in [3.05, 3.63) is 11.1 Å². The van der Waals surface area contributed by atoms with Crippen molar-refractivity contribution in [2.24, 2.45) is 11.8 Å². The number of rotatable bonds is 5. The summed E-state index contributed by atoms with van der Waals surface area (Å²) in [5.74, 6) is -1.26. The number of carbonyl (C=O) groups excluding carboxylic acids is 3. The smallest absolute Gasteiger partial charge is 0.329 e. The molecule has 2 amide bonds. The van der Waals surface area contributed by atoms with Gasteiger partial charge in [0.05, 0.1) is 18.9 Å². The minimum atomic E-state index is -0.827. The van der Waals surface area contributed by atoms with E-state index in [0.717, 1.165) is 4.90 Å². The molecule has 0 bridgehead atoms. The zero-order valence-electron chi connectivity index (χ0n) is 12.0. The number of amides is 2. The Balaban J connectivity index is 2.23. The first-order chi connectivity index (χ1) is 10.0. The second kappa shape index (κ2) is 6.83. The van der Waals surface area contributed by atoms with Crippen molar-refractivity contribution >= 4 is 41.1 Å². The zero-order chi connectivity index (χ0) is 15.6. The molecule has 0 unspecified atom stereocenters. The average Bonchev–Trinajstić information content (AvgIpc) is 2.71. The number of hydrogen-bond acceptors (Lipinski definition) is 5. The summed E-state index contributed by atoms with van der Waals surface area (Å²) in [4.78, 5) is 38.1. The largest absolute Gasteiger partial charge is 0.467 e. The SMILES string of the molecule is COC(=O)[C@H](CCSC)N1C(=O)[C@H]2CC=C(Cl)C[C@@H]2C1=O. The Morgan fingerprint density at radius 2 is 2.14 bits per heavy atom. The maximum atomic E-state index is 12.5. The van der Waals surface area contributed by atoms with Gasteiger partial charge in [0.15, 0.2) is 0 Å². The maximum absolute atomic E-state index is 12.5. The summed E-state index contributed by atoms with van der Waals surface area (Å²) in [5, 5.41) is 0.609. The van der Waals surface area contributed by atoms with Crippen LogP contribution in [0.15, 0.2) is 11.1 Å². The molecule has 1 heterocycles. The minimum absolute atomic E-state index is 0.276. The first-order valence-electron chi connectivity index (χ1n) is 6.79. The van der Waals surface area contributed by atoms with Crippen LogP contribution < -0.4 is 0 Å². The van der Waals surface area contributed by atoms with Gasteiger partial charge >= 0.3 is 5.97 Å². The molecule has 0 aromatic heterocycles. The number of halogens is 1. The normalized spacial score (nSPS) is 26.4. The molecule has 0 spiro atoms.